The molecule has 0 saturated carbocycles. The molecule has 0 radical (unpaired) electrons. The Hall–Kier alpha value is -2.11. The van der Waals surface area contributed by atoms with E-state index in [1.54, 1.807) is 4.90 Å². The van der Waals surface area contributed by atoms with Crippen LogP contribution in [-0.2, 0) is 4.79 Å². The molecule has 3 nitrogen and oxygen atoms in total. The van der Waals surface area contributed by atoms with E-state index in [0.29, 0.717) is 15.9 Å². The van der Waals surface area contributed by atoms with E-state index in [1.165, 1.54) is 11.8 Å². The van der Waals surface area contributed by atoms with Crippen molar-refractivity contribution in [3.63, 3.8) is 0 Å². The number of nitrogens with one attached hydrogen (secondary N) is 1. The van der Waals surface area contributed by atoms with Crippen molar-refractivity contribution in [3.05, 3.63) is 71.1 Å². The van der Waals surface area contributed by atoms with Crippen molar-refractivity contribution in [2.24, 2.45) is 0 Å². The minimum absolute atomic E-state index is 0.0534. The minimum atomic E-state index is -0.0534. The van der Waals surface area contributed by atoms with Gasteiger partial charge in [0.1, 0.15) is 4.32 Å². The molecule has 0 unspecified atom stereocenters. The van der Waals surface area contributed by atoms with Gasteiger partial charge in [-0.3, -0.25) is 9.69 Å². The Labute approximate surface area is 139 Å². The maximum atomic E-state index is 12.5. The van der Waals surface area contributed by atoms with E-state index >= 15 is 0 Å². The summed E-state index contributed by atoms with van der Waals surface area (Å²) in [7, 11) is 0. The van der Waals surface area contributed by atoms with Crippen LogP contribution in [0.2, 0.25) is 0 Å². The monoisotopic (exact) mass is 326 g/mol. The van der Waals surface area contributed by atoms with Crippen LogP contribution in [-0.4, -0.2) is 21.8 Å². The molecule has 0 aromatic heterocycles. The van der Waals surface area contributed by atoms with Crippen molar-refractivity contribution >= 4 is 46.0 Å². The summed E-state index contributed by atoms with van der Waals surface area (Å²) in [6.45, 7) is 0.376. The highest BCUT2D eigenvalue weighted by Crippen LogP contribution is 2.32. The van der Waals surface area contributed by atoms with Gasteiger partial charge in [-0.1, -0.05) is 72.5 Å². The Morgan fingerprint density at radius 3 is 2.36 bits per heavy atom. The Balaban J connectivity index is 1.71. The molecule has 0 atom stereocenters. The van der Waals surface area contributed by atoms with E-state index in [2.05, 4.69) is 5.32 Å². The first kappa shape index (κ1) is 14.8. The maximum absolute atomic E-state index is 12.5. The number of anilines is 1. The molecule has 0 spiro atoms. The topological polar surface area (TPSA) is 32.3 Å². The Morgan fingerprint density at radius 1 is 1.05 bits per heavy atom. The molecule has 1 amide bonds. The molecular weight excluding hydrogens is 312 g/mol. The zero-order valence-corrected chi connectivity index (χ0v) is 13.4. The Kier molecular flexibility index (Phi) is 4.56. The summed E-state index contributed by atoms with van der Waals surface area (Å²) in [4.78, 5) is 14.7. The smallest absolute Gasteiger partial charge is 0.267 e. The number of carbonyl (C=O) groups is 1. The molecule has 1 saturated heterocycles. The summed E-state index contributed by atoms with van der Waals surface area (Å²) < 4.78 is 0.579. The Bertz CT molecular complexity index is 714. The number of rotatable bonds is 4. The van der Waals surface area contributed by atoms with Crippen LogP contribution in [0.5, 0.6) is 0 Å². The number of nitrogens with zero attached hydrogens (tertiary/aromatic N) is 1. The number of thiocarbonyl (C=S) groups is 1. The van der Waals surface area contributed by atoms with Crippen LogP contribution in [0, 0.1) is 0 Å². The van der Waals surface area contributed by atoms with Crippen LogP contribution < -0.4 is 5.32 Å². The van der Waals surface area contributed by atoms with Gasteiger partial charge in [-0.15, -0.1) is 0 Å². The highest BCUT2D eigenvalue weighted by Gasteiger charge is 2.31. The molecule has 1 aliphatic heterocycles. The van der Waals surface area contributed by atoms with Gasteiger partial charge in [-0.05, 0) is 23.8 Å². The van der Waals surface area contributed by atoms with Gasteiger partial charge in [-0.25, -0.2) is 0 Å². The highest BCUT2D eigenvalue weighted by atomic mass is 32.2. The molecule has 0 aliphatic carbocycles. The van der Waals surface area contributed by atoms with Gasteiger partial charge >= 0.3 is 0 Å². The second kappa shape index (κ2) is 6.77. The normalized spacial score (nSPS) is 16.4. The number of amides is 1. The molecule has 0 bridgehead atoms. The number of thioether (sulfide) groups is 1. The van der Waals surface area contributed by atoms with Crippen LogP contribution in [0.15, 0.2) is 65.6 Å². The molecular formula is C17H14N2OS2. The van der Waals surface area contributed by atoms with Crippen molar-refractivity contribution in [2.45, 2.75) is 0 Å². The van der Waals surface area contributed by atoms with Crippen molar-refractivity contribution in [3.8, 4) is 0 Å². The van der Waals surface area contributed by atoms with E-state index in [4.69, 9.17) is 12.2 Å². The summed E-state index contributed by atoms with van der Waals surface area (Å²) in [5.41, 5.74) is 1.96. The summed E-state index contributed by atoms with van der Waals surface area (Å²) >= 11 is 6.65. The molecule has 2 aromatic carbocycles. The molecule has 1 heterocycles. The zero-order valence-electron chi connectivity index (χ0n) is 11.7. The molecule has 2 aromatic rings. The average Bonchev–Trinajstić information content (AvgIpc) is 2.81. The van der Waals surface area contributed by atoms with E-state index < -0.39 is 0 Å². The number of hydrogen-bond donors (Lipinski definition) is 1. The molecule has 1 fully saturated rings. The molecule has 5 heteroatoms. The van der Waals surface area contributed by atoms with E-state index in [9.17, 15) is 4.79 Å². The van der Waals surface area contributed by atoms with Crippen LogP contribution in [0.25, 0.3) is 6.08 Å². The number of benzene rings is 2. The number of para-hydroxylation sites is 1. The van der Waals surface area contributed by atoms with E-state index in [-0.39, 0.29) is 5.91 Å². The fourth-order valence-corrected chi connectivity index (χ4v) is 3.32. The zero-order chi connectivity index (χ0) is 15.4. The van der Waals surface area contributed by atoms with Crippen molar-refractivity contribution in [1.82, 2.24) is 4.90 Å². The summed E-state index contributed by atoms with van der Waals surface area (Å²) in [6, 6.07) is 19.5. The third-order valence-electron chi connectivity index (χ3n) is 3.19. The standard InChI is InChI=1S/C17H14N2OS2/c20-16-15(11-13-7-3-1-4-8-13)22-17(21)19(16)12-18-14-9-5-2-6-10-14/h1-11,18H,12H2. The lowest BCUT2D eigenvalue weighted by Gasteiger charge is -2.16. The van der Waals surface area contributed by atoms with E-state index in [1.807, 2.05) is 66.7 Å². The van der Waals surface area contributed by atoms with Crippen molar-refractivity contribution in [2.75, 3.05) is 12.0 Å². The minimum Gasteiger partial charge on any atom is -0.367 e. The fraction of sp³-hybridized carbons (Fsp3) is 0.0588. The predicted octanol–water partition coefficient (Wildman–Crippen LogP) is 3.96. The summed E-state index contributed by atoms with van der Waals surface area (Å²) in [5, 5.41) is 3.21. The molecule has 1 aliphatic rings. The van der Waals surface area contributed by atoms with E-state index in [0.717, 1.165) is 11.3 Å². The molecule has 22 heavy (non-hydrogen) atoms. The third-order valence-corrected chi connectivity index (χ3v) is 4.56. The van der Waals surface area contributed by atoms with Gasteiger partial charge in [0.2, 0.25) is 0 Å². The van der Waals surface area contributed by atoms with Gasteiger partial charge in [0.15, 0.2) is 0 Å². The van der Waals surface area contributed by atoms with Crippen LogP contribution in [0.4, 0.5) is 5.69 Å². The lowest BCUT2D eigenvalue weighted by atomic mass is 10.2. The van der Waals surface area contributed by atoms with Gasteiger partial charge in [0, 0.05) is 5.69 Å². The van der Waals surface area contributed by atoms with Gasteiger partial charge in [0.05, 0.1) is 11.6 Å². The summed E-state index contributed by atoms with van der Waals surface area (Å²) in [5.74, 6) is -0.0534. The Morgan fingerprint density at radius 2 is 1.68 bits per heavy atom. The van der Waals surface area contributed by atoms with Gasteiger partial charge in [0.25, 0.3) is 5.91 Å². The lowest BCUT2D eigenvalue weighted by Crippen LogP contribution is -2.33. The largest absolute Gasteiger partial charge is 0.367 e. The maximum Gasteiger partial charge on any atom is 0.267 e. The first-order valence-electron chi connectivity index (χ1n) is 6.83. The molecule has 3 rings (SSSR count). The average molecular weight is 326 g/mol. The van der Waals surface area contributed by atoms with Crippen molar-refractivity contribution in [1.29, 1.82) is 0 Å². The van der Waals surface area contributed by atoms with Crippen LogP contribution in [0.1, 0.15) is 5.56 Å². The molecule has 1 N–H and O–H groups in total. The number of hydrogen-bond acceptors (Lipinski definition) is 4. The highest BCUT2D eigenvalue weighted by molar-refractivity contribution is 8.26. The van der Waals surface area contributed by atoms with Gasteiger partial charge in [-0.2, -0.15) is 0 Å². The van der Waals surface area contributed by atoms with Crippen LogP contribution in [0.3, 0.4) is 0 Å². The predicted molar refractivity (Wildman–Crippen MR) is 96.4 cm³/mol. The van der Waals surface area contributed by atoms with Crippen molar-refractivity contribution < 1.29 is 4.79 Å². The third kappa shape index (κ3) is 3.37. The summed E-state index contributed by atoms with van der Waals surface area (Å²) in [6.07, 6.45) is 1.88. The van der Waals surface area contributed by atoms with Crippen LogP contribution >= 0.6 is 24.0 Å². The number of carbonyl (C=O) groups excluding carboxylic acids is 1. The molecule has 110 valence electrons. The quantitative estimate of drug-likeness (QED) is 0.681. The lowest BCUT2D eigenvalue weighted by molar-refractivity contribution is -0.121. The first-order valence-corrected chi connectivity index (χ1v) is 8.06. The second-order valence-electron chi connectivity index (χ2n) is 4.72. The SMILES string of the molecule is O=C1C(=Cc2ccccc2)SC(=S)N1CNc1ccccc1. The first-order chi connectivity index (χ1) is 10.7. The second-order valence-corrected chi connectivity index (χ2v) is 6.40. The van der Waals surface area contributed by atoms with Gasteiger partial charge < -0.3 is 5.32 Å². The fourth-order valence-electron chi connectivity index (χ4n) is 2.06.